The Morgan fingerprint density at radius 3 is 2.89 bits per heavy atom. The smallest absolute Gasteiger partial charge is 0.179 e. The minimum atomic E-state index is -0.0979. The summed E-state index contributed by atoms with van der Waals surface area (Å²) in [5.74, 6) is 0.790. The highest BCUT2D eigenvalue weighted by Gasteiger charge is 2.29. The Bertz CT molecular complexity index is 442. The van der Waals surface area contributed by atoms with Crippen molar-refractivity contribution in [1.82, 2.24) is 5.32 Å². The molecule has 1 aromatic carbocycles. The normalized spacial score (nSPS) is 22.9. The molecule has 0 amide bonds. The van der Waals surface area contributed by atoms with Gasteiger partial charge in [-0.1, -0.05) is 32.0 Å². The predicted octanol–water partition coefficient (Wildman–Crippen LogP) is 2.44. The molecule has 1 aliphatic heterocycles. The molecule has 104 valence electrons. The van der Waals surface area contributed by atoms with Crippen LogP contribution < -0.4 is 5.32 Å². The van der Waals surface area contributed by atoms with Gasteiger partial charge in [0.25, 0.3) is 0 Å². The van der Waals surface area contributed by atoms with Gasteiger partial charge in [0.15, 0.2) is 5.78 Å². The molecule has 1 aliphatic rings. The van der Waals surface area contributed by atoms with Crippen LogP contribution in [-0.4, -0.2) is 31.6 Å². The zero-order chi connectivity index (χ0) is 13.8. The lowest BCUT2D eigenvalue weighted by Gasteiger charge is -2.11. The van der Waals surface area contributed by atoms with Gasteiger partial charge in [0.05, 0.1) is 12.1 Å². The standard InChI is InChI=1S/C16H23NO2/c1-11(2)7-12-5-4-6-13(8-12)16(18)15-9-14(19-3)10-17-15/h4-6,8,11,14-15,17H,7,9-10H2,1-3H3. The van der Waals surface area contributed by atoms with Crippen LogP contribution in [0.2, 0.25) is 0 Å². The van der Waals surface area contributed by atoms with Gasteiger partial charge < -0.3 is 10.1 Å². The highest BCUT2D eigenvalue weighted by Crippen LogP contribution is 2.17. The van der Waals surface area contributed by atoms with Crippen molar-refractivity contribution in [1.29, 1.82) is 0 Å². The van der Waals surface area contributed by atoms with Gasteiger partial charge in [-0.15, -0.1) is 0 Å². The molecule has 1 heterocycles. The summed E-state index contributed by atoms with van der Waals surface area (Å²) in [4.78, 5) is 12.4. The van der Waals surface area contributed by atoms with Crippen molar-refractivity contribution in [3.63, 3.8) is 0 Å². The van der Waals surface area contributed by atoms with Gasteiger partial charge in [0, 0.05) is 19.2 Å². The van der Waals surface area contributed by atoms with E-state index in [0.717, 1.165) is 24.9 Å². The number of methoxy groups -OCH3 is 1. The number of hydrogen-bond acceptors (Lipinski definition) is 3. The number of hydrogen-bond donors (Lipinski definition) is 1. The van der Waals surface area contributed by atoms with Gasteiger partial charge in [-0.3, -0.25) is 4.79 Å². The summed E-state index contributed by atoms with van der Waals surface area (Å²) >= 11 is 0. The van der Waals surface area contributed by atoms with Gasteiger partial charge in [-0.2, -0.15) is 0 Å². The first-order valence-corrected chi connectivity index (χ1v) is 6.99. The molecule has 1 fully saturated rings. The molecule has 0 saturated carbocycles. The van der Waals surface area contributed by atoms with Gasteiger partial charge >= 0.3 is 0 Å². The Hall–Kier alpha value is -1.19. The van der Waals surface area contributed by atoms with Crippen molar-refractivity contribution < 1.29 is 9.53 Å². The Kier molecular flexibility index (Phi) is 4.72. The zero-order valence-corrected chi connectivity index (χ0v) is 12.0. The highest BCUT2D eigenvalue weighted by atomic mass is 16.5. The predicted molar refractivity (Wildman–Crippen MR) is 76.5 cm³/mol. The average molecular weight is 261 g/mol. The third-order valence-electron chi connectivity index (χ3n) is 3.60. The fourth-order valence-corrected chi connectivity index (χ4v) is 2.61. The number of ketones is 1. The quantitative estimate of drug-likeness (QED) is 0.827. The number of carbonyl (C=O) groups is 1. The van der Waals surface area contributed by atoms with Crippen LogP contribution in [0.25, 0.3) is 0 Å². The summed E-state index contributed by atoms with van der Waals surface area (Å²) in [7, 11) is 1.70. The fraction of sp³-hybridized carbons (Fsp3) is 0.562. The third kappa shape index (κ3) is 3.64. The van der Waals surface area contributed by atoms with E-state index in [9.17, 15) is 4.79 Å². The van der Waals surface area contributed by atoms with Crippen LogP contribution in [0.4, 0.5) is 0 Å². The molecular formula is C16H23NO2. The fourth-order valence-electron chi connectivity index (χ4n) is 2.61. The van der Waals surface area contributed by atoms with Crippen molar-refractivity contribution >= 4 is 5.78 Å². The number of Topliss-reactive ketones (excluding diaryl/α,β-unsaturated/α-hetero) is 1. The molecule has 1 N–H and O–H groups in total. The first kappa shape index (κ1) is 14.2. The maximum absolute atomic E-state index is 12.4. The van der Waals surface area contributed by atoms with E-state index in [2.05, 4.69) is 25.2 Å². The molecule has 0 radical (unpaired) electrons. The first-order chi connectivity index (χ1) is 9.10. The number of ether oxygens (including phenoxy) is 1. The number of benzene rings is 1. The zero-order valence-electron chi connectivity index (χ0n) is 12.0. The van der Waals surface area contributed by atoms with Crippen molar-refractivity contribution in [2.75, 3.05) is 13.7 Å². The summed E-state index contributed by atoms with van der Waals surface area (Å²) in [6.45, 7) is 5.14. The molecular weight excluding hydrogens is 238 g/mol. The topological polar surface area (TPSA) is 38.3 Å². The number of nitrogens with one attached hydrogen (secondary N) is 1. The molecule has 19 heavy (non-hydrogen) atoms. The number of carbonyl (C=O) groups excluding carboxylic acids is 1. The van der Waals surface area contributed by atoms with Gasteiger partial charge in [-0.25, -0.2) is 0 Å². The molecule has 3 nitrogen and oxygen atoms in total. The van der Waals surface area contributed by atoms with E-state index < -0.39 is 0 Å². The maximum atomic E-state index is 12.4. The second kappa shape index (κ2) is 6.31. The second-order valence-electron chi connectivity index (χ2n) is 5.72. The molecule has 2 rings (SSSR count). The van der Waals surface area contributed by atoms with E-state index in [0.29, 0.717) is 5.92 Å². The van der Waals surface area contributed by atoms with E-state index in [-0.39, 0.29) is 17.9 Å². The Balaban J connectivity index is 2.07. The van der Waals surface area contributed by atoms with Crippen molar-refractivity contribution in [2.24, 2.45) is 5.92 Å². The van der Waals surface area contributed by atoms with Crippen LogP contribution in [-0.2, 0) is 11.2 Å². The monoisotopic (exact) mass is 261 g/mol. The maximum Gasteiger partial charge on any atom is 0.179 e. The summed E-state index contributed by atoms with van der Waals surface area (Å²) in [6, 6.07) is 7.92. The molecule has 0 bridgehead atoms. The molecule has 0 aliphatic carbocycles. The lowest BCUT2D eigenvalue weighted by molar-refractivity contribution is 0.0918. The summed E-state index contributed by atoms with van der Waals surface area (Å²) in [5.41, 5.74) is 2.05. The van der Waals surface area contributed by atoms with Crippen LogP contribution in [0.5, 0.6) is 0 Å². The van der Waals surface area contributed by atoms with Crippen LogP contribution in [0.15, 0.2) is 24.3 Å². The van der Waals surface area contributed by atoms with Gasteiger partial charge in [-0.05, 0) is 30.4 Å². The molecule has 0 aromatic heterocycles. The summed E-state index contributed by atoms with van der Waals surface area (Å²) < 4.78 is 5.29. The van der Waals surface area contributed by atoms with Crippen LogP contribution in [0.1, 0.15) is 36.2 Å². The van der Waals surface area contributed by atoms with Crippen LogP contribution >= 0.6 is 0 Å². The molecule has 2 atom stereocenters. The molecule has 1 aromatic rings. The molecule has 1 saturated heterocycles. The molecule has 3 heteroatoms. The highest BCUT2D eigenvalue weighted by molar-refractivity contribution is 6.00. The minimum Gasteiger partial charge on any atom is -0.380 e. The van der Waals surface area contributed by atoms with Crippen LogP contribution in [0, 0.1) is 5.92 Å². The van der Waals surface area contributed by atoms with Crippen molar-refractivity contribution in [2.45, 2.75) is 38.8 Å². The van der Waals surface area contributed by atoms with Crippen molar-refractivity contribution in [3.8, 4) is 0 Å². The SMILES string of the molecule is COC1CNC(C(=O)c2cccc(CC(C)C)c2)C1. The van der Waals surface area contributed by atoms with Gasteiger partial charge in [0.1, 0.15) is 0 Å². The lowest BCUT2D eigenvalue weighted by Crippen LogP contribution is -2.30. The first-order valence-electron chi connectivity index (χ1n) is 6.99. The third-order valence-corrected chi connectivity index (χ3v) is 3.60. The Morgan fingerprint density at radius 2 is 2.26 bits per heavy atom. The van der Waals surface area contributed by atoms with Gasteiger partial charge in [0.2, 0.25) is 0 Å². The largest absolute Gasteiger partial charge is 0.380 e. The summed E-state index contributed by atoms with van der Waals surface area (Å²) in [6.07, 6.45) is 1.94. The Morgan fingerprint density at radius 1 is 1.47 bits per heavy atom. The van der Waals surface area contributed by atoms with E-state index in [4.69, 9.17) is 4.74 Å². The van der Waals surface area contributed by atoms with E-state index >= 15 is 0 Å². The minimum absolute atomic E-state index is 0.0979. The van der Waals surface area contributed by atoms with E-state index in [1.165, 1.54) is 5.56 Å². The lowest BCUT2D eigenvalue weighted by atomic mass is 9.97. The number of rotatable bonds is 5. The van der Waals surface area contributed by atoms with Crippen molar-refractivity contribution in [3.05, 3.63) is 35.4 Å². The van der Waals surface area contributed by atoms with E-state index in [1.807, 2.05) is 18.2 Å². The average Bonchev–Trinajstić information content (AvgIpc) is 2.86. The summed E-state index contributed by atoms with van der Waals surface area (Å²) in [5, 5.41) is 3.24. The Labute approximate surface area is 115 Å². The molecule has 2 unspecified atom stereocenters. The van der Waals surface area contributed by atoms with E-state index in [1.54, 1.807) is 7.11 Å². The second-order valence-corrected chi connectivity index (χ2v) is 5.72. The molecule has 0 spiro atoms. The van der Waals surface area contributed by atoms with Crippen LogP contribution in [0.3, 0.4) is 0 Å².